The summed E-state index contributed by atoms with van der Waals surface area (Å²) in [5.74, 6) is 2.70. The largest absolute Gasteiger partial charge is 0.369 e. The first-order valence-electron chi connectivity index (χ1n) is 9.93. The molecule has 0 unspecified atom stereocenters. The number of nitrogen functional groups attached to an aromatic ring is 1. The lowest BCUT2D eigenvalue weighted by molar-refractivity contribution is 0.289. The third-order valence-electron chi connectivity index (χ3n) is 6.03. The number of nitrogens with one attached hydrogen (secondary N) is 1. The minimum absolute atomic E-state index is 0.356. The summed E-state index contributed by atoms with van der Waals surface area (Å²) in [7, 11) is 0. The molecule has 0 radical (unpaired) electrons. The third kappa shape index (κ3) is 3.54. The van der Waals surface area contributed by atoms with Crippen LogP contribution in [0, 0.1) is 11.8 Å². The molecular weight excluding hydrogens is 322 g/mol. The molecule has 2 aliphatic rings. The van der Waals surface area contributed by atoms with Crippen molar-refractivity contribution in [2.24, 2.45) is 17.6 Å². The van der Waals surface area contributed by atoms with Crippen molar-refractivity contribution in [1.29, 1.82) is 0 Å². The number of hydrogen-bond acceptors (Lipinski definition) is 5. The van der Waals surface area contributed by atoms with Gasteiger partial charge in [-0.2, -0.15) is 4.98 Å². The van der Waals surface area contributed by atoms with E-state index in [0.717, 1.165) is 43.9 Å². The first-order valence-corrected chi connectivity index (χ1v) is 9.93. The molecule has 0 aliphatic heterocycles. The Balaban J connectivity index is 1.56. The Morgan fingerprint density at radius 1 is 1.00 bits per heavy atom. The summed E-state index contributed by atoms with van der Waals surface area (Å²) in [4.78, 5) is 9.16. The smallest absolute Gasteiger partial charge is 0.222 e. The maximum atomic E-state index is 6.06. The molecule has 4 rings (SSSR count). The third-order valence-corrected chi connectivity index (χ3v) is 6.03. The first kappa shape index (κ1) is 17.3. The Morgan fingerprint density at radius 2 is 1.77 bits per heavy atom. The van der Waals surface area contributed by atoms with Crippen LogP contribution in [0.3, 0.4) is 0 Å². The Labute approximate surface area is 155 Å². The van der Waals surface area contributed by atoms with Gasteiger partial charge < -0.3 is 16.8 Å². The molecule has 0 amide bonds. The van der Waals surface area contributed by atoms with E-state index in [1.165, 1.54) is 42.4 Å². The fourth-order valence-corrected chi connectivity index (χ4v) is 4.44. The summed E-state index contributed by atoms with van der Waals surface area (Å²) in [5.41, 5.74) is 16.7. The lowest BCUT2D eigenvalue weighted by Crippen LogP contribution is -2.25. The van der Waals surface area contributed by atoms with Crippen molar-refractivity contribution in [1.82, 2.24) is 9.97 Å². The minimum atomic E-state index is 0.356. The van der Waals surface area contributed by atoms with Crippen LogP contribution < -0.4 is 16.8 Å². The Bertz CT molecular complexity index is 765. The van der Waals surface area contributed by atoms with Gasteiger partial charge in [-0.05, 0) is 68.9 Å². The van der Waals surface area contributed by atoms with Crippen LogP contribution in [-0.2, 0) is 12.8 Å². The topological polar surface area (TPSA) is 89.8 Å². The average molecular weight is 351 g/mol. The zero-order valence-electron chi connectivity index (χ0n) is 15.4. The van der Waals surface area contributed by atoms with Gasteiger partial charge in [-0.15, -0.1) is 0 Å². The number of fused-ring (bicyclic) bond motifs is 3. The molecule has 5 heteroatoms. The SMILES string of the molecule is NCC1CCC(CNc2nc(N)nc3c2CCCc2ccccc2-3)CC1. The Hall–Kier alpha value is -2.14. The molecule has 26 heavy (non-hydrogen) atoms. The molecule has 1 saturated carbocycles. The maximum Gasteiger partial charge on any atom is 0.222 e. The summed E-state index contributed by atoms with van der Waals surface area (Å²) < 4.78 is 0. The molecule has 2 aliphatic carbocycles. The molecule has 138 valence electrons. The highest BCUT2D eigenvalue weighted by molar-refractivity contribution is 5.73. The van der Waals surface area contributed by atoms with E-state index < -0.39 is 0 Å². The number of nitrogens with two attached hydrogens (primary N) is 2. The molecule has 5 N–H and O–H groups in total. The van der Waals surface area contributed by atoms with E-state index in [-0.39, 0.29) is 0 Å². The monoisotopic (exact) mass is 351 g/mol. The van der Waals surface area contributed by atoms with Crippen molar-refractivity contribution in [3.05, 3.63) is 35.4 Å². The van der Waals surface area contributed by atoms with E-state index in [1.54, 1.807) is 0 Å². The van der Waals surface area contributed by atoms with E-state index in [1.807, 2.05) is 0 Å². The summed E-state index contributed by atoms with van der Waals surface area (Å²) in [6.45, 7) is 1.79. The summed E-state index contributed by atoms with van der Waals surface area (Å²) in [5, 5.41) is 3.61. The van der Waals surface area contributed by atoms with Crippen LogP contribution in [0.1, 0.15) is 43.2 Å². The Morgan fingerprint density at radius 3 is 2.58 bits per heavy atom. The molecule has 1 aromatic carbocycles. The maximum absolute atomic E-state index is 6.06. The van der Waals surface area contributed by atoms with Crippen molar-refractivity contribution in [3.8, 4) is 11.3 Å². The predicted octanol–water partition coefficient (Wildman–Crippen LogP) is 3.39. The molecule has 0 bridgehead atoms. The zero-order chi connectivity index (χ0) is 17.9. The minimum Gasteiger partial charge on any atom is -0.369 e. The van der Waals surface area contributed by atoms with Gasteiger partial charge in [0.25, 0.3) is 0 Å². The number of aromatic nitrogens is 2. The van der Waals surface area contributed by atoms with E-state index in [0.29, 0.717) is 17.8 Å². The number of benzene rings is 1. The van der Waals surface area contributed by atoms with Crippen LogP contribution in [0.2, 0.25) is 0 Å². The summed E-state index contributed by atoms with van der Waals surface area (Å²) in [6.07, 6.45) is 8.19. The van der Waals surface area contributed by atoms with E-state index in [4.69, 9.17) is 11.5 Å². The van der Waals surface area contributed by atoms with Gasteiger partial charge >= 0.3 is 0 Å². The van der Waals surface area contributed by atoms with Gasteiger partial charge in [0.2, 0.25) is 5.95 Å². The zero-order valence-corrected chi connectivity index (χ0v) is 15.4. The van der Waals surface area contributed by atoms with Crippen molar-refractivity contribution in [3.63, 3.8) is 0 Å². The van der Waals surface area contributed by atoms with Crippen LogP contribution in [0.15, 0.2) is 24.3 Å². The highest BCUT2D eigenvalue weighted by atomic mass is 15.1. The fourth-order valence-electron chi connectivity index (χ4n) is 4.44. The second-order valence-electron chi connectivity index (χ2n) is 7.77. The second-order valence-corrected chi connectivity index (χ2v) is 7.77. The molecule has 2 aromatic rings. The number of aryl methyl sites for hydroxylation is 1. The summed E-state index contributed by atoms with van der Waals surface area (Å²) >= 11 is 0. The molecule has 1 heterocycles. The second kappa shape index (κ2) is 7.62. The molecular formula is C21H29N5. The van der Waals surface area contributed by atoms with Gasteiger partial charge in [0.1, 0.15) is 5.82 Å². The molecule has 1 fully saturated rings. The molecule has 0 saturated heterocycles. The average Bonchev–Trinajstić information content (AvgIpc) is 2.86. The van der Waals surface area contributed by atoms with Crippen molar-refractivity contribution >= 4 is 11.8 Å². The molecule has 1 aromatic heterocycles. The van der Waals surface area contributed by atoms with Gasteiger partial charge in [0.15, 0.2) is 0 Å². The molecule has 5 nitrogen and oxygen atoms in total. The summed E-state index contributed by atoms with van der Waals surface area (Å²) in [6, 6.07) is 8.54. The van der Waals surface area contributed by atoms with Crippen molar-refractivity contribution < 1.29 is 0 Å². The number of anilines is 2. The van der Waals surface area contributed by atoms with Crippen LogP contribution in [0.25, 0.3) is 11.3 Å². The van der Waals surface area contributed by atoms with Gasteiger partial charge in [0, 0.05) is 17.7 Å². The van der Waals surface area contributed by atoms with Crippen molar-refractivity contribution in [2.75, 3.05) is 24.1 Å². The van der Waals surface area contributed by atoms with Gasteiger partial charge in [-0.3, -0.25) is 0 Å². The highest BCUT2D eigenvalue weighted by Crippen LogP contribution is 2.35. The van der Waals surface area contributed by atoms with Gasteiger partial charge in [-0.1, -0.05) is 24.3 Å². The van der Waals surface area contributed by atoms with E-state index in [9.17, 15) is 0 Å². The quantitative estimate of drug-likeness (QED) is 0.785. The van der Waals surface area contributed by atoms with Crippen LogP contribution >= 0.6 is 0 Å². The van der Waals surface area contributed by atoms with Crippen LogP contribution in [0.4, 0.5) is 11.8 Å². The number of nitrogens with zero attached hydrogens (tertiary/aromatic N) is 2. The van der Waals surface area contributed by atoms with Gasteiger partial charge in [0.05, 0.1) is 5.69 Å². The fraction of sp³-hybridized carbons (Fsp3) is 0.524. The van der Waals surface area contributed by atoms with Gasteiger partial charge in [-0.25, -0.2) is 4.98 Å². The van der Waals surface area contributed by atoms with Crippen molar-refractivity contribution in [2.45, 2.75) is 44.9 Å². The number of hydrogen-bond donors (Lipinski definition) is 3. The normalized spacial score (nSPS) is 22.2. The highest BCUT2D eigenvalue weighted by Gasteiger charge is 2.23. The Kier molecular flexibility index (Phi) is 5.07. The van der Waals surface area contributed by atoms with Crippen LogP contribution in [-0.4, -0.2) is 23.1 Å². The first-order chi connectivity index (χ1) is 12.7. The standard InChI is InChI=1S/C21H29N5/c22-12-14-8-10-15(11-9-14)13-24-20-18-7-3-5-16-4-1-2-6-17(16)19(18)25-21(23)26-20/h1-2,4,6,14-15H,3,5,7-13,22H2,(H3,23,24,25,26). The molecule has 0 atom stereocenters. The van der Waals surface area contributed by atoms with Crippen LogP contribution in [0.5, 0.6) is 0 Å². The lowest BCUT2D eigenvalue weighted by atomic mass is 9.82. The van der Waals surface area contributed by atoms with E-state index in [2.05, 4.69) is 39.6 Å². The predicted molar refractivity (Wildman–Crippen MR) is 107 cm³/mol. The lowest BCUT2D eigenvalue weighted by Gasteiger charge is -2.28. The number of rotatable bonds is 4. The molecule has 0 spiro atoms. The van der Waals surface area contributed by atoms with E-state index >= 15 is 0 Å².